The summed E-state index contributed by atoms with van der Waals surface area (Å²) in [5.41, 5.74) is 9.38. The standard InChI is InChI=1S/C25H20N2O3S.C2H6/c26-15-7-8-22-20(13-15)18-5-2-4-17(25(18)31-22)16-3-1-6-19-21(28)14-23(30-24(16)19)27-9-11-29-12-10-27;1-2/h1-8,13-14H,9-12,26H2;1-2H3. The summed E-state index contributed by atoms with van der Waals surface area (Å²) in [5, 5.41) is 2.91. The Balaban J connectivity index is 0.00000111. The number of para-hydroxylation sites is 1. The summed E-state index contributed by atoms with van der Waals surface area (Å²) >= 11 is 1.73. The number of anilines is 2. The van der Waals surface area contributed by atoms with Crippen molar-refractivity contribution in [2.24, 2.45) is 0 Å². The molecule has 3 aromatic carbocycles. The number of nitrogens with zero attached hydrogens (tertiary/aromatic N) is 1. The highest BCUT2D eigenvalue weighted by atomic mass is 32.1. The first-order chi connectivity index (χ1) is 16.2. The van der Waals surface area contributed by atoms with E-state index in [9.17, 15) is 4.79 Å². The molecule has 2 N–H and O–H groups in total. The average Bonchev–Trinajstić information content (AvgIpc) is 3.23. The summed E-state index contributed by atoms with van der Waals surface area (Å²) in [7, 11) is 0. The topological polar surface area (TPSA) is 68.7 Å². The maximum absolute atomic E-state index is 12.9. The lowest BCUT2D eigenvalue weighted by molar-refractivity contribution is 0.121. The zero-order chi connectivity index (χ0) is 22.9. The summed E-state index contributed by atoms with van der Waals surface area (Å²) in [4.78, 5) is 15.0. The predicted octanol–water partition coefficient (Wildman–Crippen LogP) is 6.27. The third kappa shape index (κ3) is 3.75. The number of nitrogens with two attached hydrogens (primary N) is 1. The highest BCUT2D eigenvalue weighted by Crippen LogP contribution is 2.42. The van der Waals surface area contributed by atoms with Crippen molar-refractivity contribution >= 4 is 54.0 Å². The molecule has 5 nitrogen and oxygen atoms in total. The third-order valence-electron chi connectivity index (χ3n) is 5.88. The van der Waals surface area contributed by atoms with Crippen LogP contribution < -0.4 is 16.1 Å². The first kappa shape index (κ1) is 21.5. The van der Waals surface area contributed by atoms with Gasteiger partial charge in [-0.15, -0.1) is 11.3 Å². The van der Waals surface area contributed by atoms with Crippen LogP contribution in [0.25, 0.3) is 42.3 Å². The summed E-state index contributed by atoms with van der Waals surface area (Å²) in [5.74, 6) is 0.601. The lowest BCUT2D eigenvalue weighted by Crippen LogP contribution is -2.36. The molecular weight excluding hydrogens is 432 g/mol. The number of hydrogen-bond donors (Lipinski definition) is 1. The fourth-order valence-electron chi connectivity index (χ4n) is 4.34. The smallest absolute Gasteiger partial charge is 0.200 e. The van der Waals surface area contributed by atoms with Crippen LogP contribution in [0.1, 0.15) is 13.8 Å². The molecule has 0 bridgehead atoms. The number of benzene rings is 3. The van der Waals surface area contributed by atoms with Crippen LogP contribution in [-0.2, 0) is 4.74 Å². The largest absolute Gasteiger partial charge is 0.440 e. The number of fused-ring (bicyclic) bond motifs is 4. The molecule has 168 valence electrons. The van der Waals surface area contributed by atoms with E-state index in [0.717, 1.165) is 32.3 Å². The third-order valence-corrected chi connectivity index (χ3v) is 7.10. The Bertz CT molecular complexity index is 1510. The van der Waals surface area contributed by atoms with Crippen molar-refractivity contribution in [3.05, 3.63) is 70.9 Å². The number of ether oxygens (including phenoxy) is 1. The van der Waals surface area contributed by atoms with Crippen molar-refractivity contribution in [3.63, 3.8) is 0 Å². The van der Waals surface area contributed by atoms with Gasteiger partial charge in [0.05, 0.1) is 18.6 Å². The molecule has 0 atom stereocenters. The number of nitrogen functional groups attached to an aromatic ring is 1. The minimum atomic E-state index is -0.0270. The van der Waals surface area contributed by atoms with Gasteiger partial charge in [0.25, 0.3) is 0 Å². The van der Waals surface area contributed by atoms with E-state index in [4.69, 9.17) is 14.9 Å². The number of thiophene rings is 1. The van der Waals surface area contributed by atoms with Gasteiger partial charge in [-0.25, -0.2) is 0 Å². The molecule has 6 rings (SSSR count). The van der Waals surface area contributed by atoms with E-state index < -0.39 is 0 Å². The molecule has 5 aromatic rings. The van der Waals surface area contributed by atoms with Crippen LogP contribution in [0.3, 0.4) is 0 Å². The molecular formula is C27H26N2O3S. The van der Waals surface area contributed by atoms with E-state index in [0.29, 0.717) is 43.2 Å². The van der Waals surface area contributed by atoms with Crippen molar-refractivity contribution in [1.29, 1.82) is 0 Å². The molecule has 1 fully saturated rings. The van der Waals surface area contributed by atoms with E-state index in [2.05, 4.69) is 29.2 Å². The van der Waals surface area contributed by atoms with Gasteiger partial charge in [-0.3, -0.25) is 4.79 Å². The van der Waals surface area contributed by atoms with Crippen molar-refractivity contribution < 1.29 is 9.15 Å². The molecule has 0 radical (unpaired) electrons. The van der Waals surface area contributed by atoms with Gasteiger partial charge in [-0.1, -0.05) is 44.2 Å². The van der Waals surface area contributed by atoms with E-state index in [1.54, 1.807) is 17.4 Å². The van der Waals surface area contributed by atoms with Crippen molar-refractivity contribution in [3.8, 4) is 11.1 Å². The Morgan fingerprint density at radius 2 is 1.61 bits per heavy atom. The zero-order valence-corrected chi connectivity index (χ0v) is 19.6. The van der Waals surface area contributed by atoms with Gasteiger partial charge in [0, 0.05) is 56.1 Å². The SMILES string of the molecule is CC.Nc1ccc2sc3c(-c4cccc5c(=O)cc(N6CCOCC6)oc45)cccc3c2c1. The summed E-state index contributed by atoms with van der Waals surface area (Å²) in [6.45, 7) is 6.69. The quantitative estimate of drug-likeness (QED) is 0.316. The molecule has 0 spiro atoms. The highest BCUT2D eigenvalue weighted by molar-refractivity contribution is 7.26. The minimum absolute atomic E-state index is 0.0270. The Morgan fingerprint density at radius 3 is 2.39 bits per heavy atom. The van der Waals surface area contributed by atoms with E-state index in [1.165, 1.54) is 4.70 Å². The van der Waals surface area contributed by atoms with Gasteiger partial charge < -0.3 is 19.8 Å². The van der Waals surface area contributed by atoms with Crippen molar-refractivity contribution in [1.82, 2.24) is 0 Å². The van der Waals surface area contributed by atoms with Crippen molar-refractivity contribution in [2.45, 2.75) is 13.8 Å². The predicted molar refractivity (Wildman–Crippen MR) is 140 cm³/mol. The van der Waals surface area contributed by atoms with Gasteiger partial charge >= 0.3 is 0 Å². The summed E-state index contributed by atoms with van der Waals surface area (Å²) < 4.78 is 14.2. The summed E-state index contributed by atoms with van der Waals surface area (Å²) in [6.07, 6.45) is 0. The molecule has 1 saturated heterocycles. The molecule has 6 heteroatoms. The highest BCUT2D eigenvalue weighted by Gasteiger charge is 2.19. The molecule has 33 heavy (non-hydrogen) atoms. The Kier molecular flexibility index (Phi) is 5.79. The van der Waals surface area contributed by atoms with E-state index >= 15 is 0 Å². The van der Waals surface area contributed by atoms with Crippen LogP contribution in [0, 0.1) is 0 Å². The van der Waals surface area contributed by atoms with Gasteiger partial charge in [-0.2, -0.15) is 0 Å². The second-order valence-electron chi connectivity index (χ2n) is 7.77. The van der Waals surface area contributed by atoms with E-state index in [-0.39, 0.29) is 5.43 Å². The molecule has 1 aliphatic rings. The molecule has 0 amide bonds. The van der Waals surface area contributed by atoms with Crippen LogP contribution in [0.2, 0.25) is 0 Å². The maximum atomic E-state index is 12.9. The van der Waals surface area contributed by atoms with Crippen LogP contribution >= 0.6 is 11.3 Å². The monoisotopic (exact) mass is 458 g/mol. The van der Waals surface area contributed by atoms with Crippen LogP contribution in [0.15, 0.2) is 69.9 Å². The van der Waals surface area contributed by atoms with Gasteiger partial charge in [0.2, 0.25) is 0 Å². The van der Waals surface area contributed by atoms with E-state index in [1.807, 2.05) is 44.2 Å². The number of morpholine rings is 1. The van der Waals surface area contributed by atoms with Crippen LogP contribution in [-0.4, -0.2) is 26.3 Å². The second-order valence-corrected chi connectivity index (χ2v) is 8.82. The zero-order valence-electron chi connectivity index (χ0n) is 18.8. The lowest BCUT2D eigenvalue weighted by atomic mass is 10.0. The fraction of sp³-hybridized carbons (Fsp3) is 0.222. The molecule has 0 unspecified atom stereocenters. The first-order valence-electron chi connectivity index (χ1n) is 11.3. The Hall–Kier alpha value is -3.35. The summed E-state index contributed by atoms with van der Waals surface area (Å²) in [6, 6.07) is 19.7. The number of rotatable bonds is 2. The van der Waals surface area contributed by atoms with Gasteiger partial charge in [0.15, 0.2) is 11.3 Å². The molecule has 0 saturated carbocycles. The van der Waals surface area contributed by atoms with Crippen LogP contribution in [0.4, 0.5) is 11.6 Å². The Morgan fingerprint density at radius 1 is 0.879 bits per heavy atom. The first-order valence-corrected chi connectivity index (χ1v) is 12.1. The number of hydrogen-bond acceptors (Lipinski definition) is 6. The minimum Gasteiger partial charge on any atom is -0.440 e. The second kappa shape index (κ2) is 8.89. The lowest BCUT2D eigenvalue weighted by Gasteiger charge is -2.27. The van der Waals surface area contributed by atoms with Gasteiger partial charge in [-0.05, 0) is 24.3 Å². The maximum Gasteiger partial charge on any atom is 0.200 e. The van der Waals surface area contributed by atoms with Gasteiger partial charge in [0.1, 0.15) is 5.58 Å². The van der Waals surface area contributed by atoms with Crippen LogP contribution in [0.5, 0.6) is 0 Å². The molecule has 2 aromatic heterocycles. The fourth-order valence-corrected chi connectivity index (χ4v) is 5.56. The normalized spacial score (nSPS) is 13.9. The molecule has 3 heterocycles. The average molecular weight is 459 g/mol. The molecule has 0 aliphatic carbocycles. The van der Waals surface area contributed by atoms with Crippen molar-refractivity contribution in [2.75, 3.05) is 36.9 Å². The Labute approximate surface area is 196 Å². The molecule has 1 aliphatic heterocycles.